The molecule has 0 fully saturated rings. The molecule has 0 spiro atoms. The number of anilines is 1. The van der Waals surface area contributed by atoms with E-state index in [1.54, 1.807) is 6.92 Å². The van der Waals surface area contributed by atoms with Crippen molar-refractivity contribution in [3.8, 4) is 0 Å². The van der Waals surface area contributed by atoms with Gasteiger partial charge in [0.2, 0.25) is 0 Å². The Hall–Kier alpha value is -2.27. The van der Waals surface area contributed by atoms with E-state index in [9.17, 15) is 9.59 Å². The number of carbonyl (C=O) groups is 2. The van der Waals surface area contributed by atoms with Crippen molar-refractivity contribution in [3.63, 3.8) is 0 Å². The summed E-state index contributed by atoms with van der Waals surface area (Å²) in [6, 6.07) is 15.3. The van der Waals surface area contributed by atoms with Crippen LogP contribution in [-0.4, -0.2) is 23.7 Å². The van der Waals surface area contributed by atoms with E-state index in [1.807, 2.05) is 62.4 Å². The Balaban J connectivity index is 1.82. The van der Waals surface area contributed by atoms with Gasteiger partial charge >= 0.3 is 5.97 Å². The Morgan fingerprint density at radius 2 is 1.79 bits per heavy atom. The van der Waals surface area contributed by atoms with E-state index in [1.165, 1.54) is 11.8 Å². The van der Waals surface area contributed by atoms with Crippen molar-refractivity contribution in [3.05, 3.63) is 59.7 Å². The fraction of sp³-hybridized carbons (Fsp3) is 0.263. The number of hydrogen-bond donors (Lipinski definition) is 1. The van der Waals surface area contributed by atoms with Crippen LogP contribution < -0.4 is 5.32 Å². The number of esters is 1. The van der Waals surface area contributed by atoms with Crippen molar-refractivity contribution in [2.24, 2.45) is 0 Å². The highest BCUT2D eigenvalue weighted by atomic mass is 32.2. The molecule has 2 aromatic carbocycles. The van der Waals surface area contributed by atoms with Crippen LogP contribution in [0.5, 0.6) is 0 Å². The molecule has 0 saturated heterocycles. The number of carbonyl (C=O) groups excluding carboxylic acids is 2. The lowest BCUT2D eigenvalue weighted by atomic mass is 10.1. The maximum atomic E-state index is 12.0. The van der Waals surface area contributed by atoms with Gasteiger partial charge in [0.05, 0.1) is 0 Å². The summed E-state index contributed by atoms with van der Waals surface area (Å²) in [5.41, 5.74) is 2.84. The van der Waals surface area contributed by atoms with Crippen molar-refractivity contribution in [2.45, 2.75) is 30.9 Å². The Morgan fingerprint density at radius 1 is 1.08 bits per heavy atom. The van der Waals surface area contributed by atoms with Crippen LogP contribution in [0.1, 0.15) is 18.1 Å². The third kappa shape index (κ3) is 5.13. The third-order valence-electron chi connectivity index (χ3n) is 3.61. The Kier molecular flexibility index (Phi) is 6.44. The summed E-state index contributed by atoms with van der Waals surface area (Å²) < 4.78 is 5.11. The summed E-state index contributed by atoms with van der Waals surface area (Å²) in [5.74, 6) is -0.742. The highest BCUT2D eigenvalue weighted by Crippen LogP contribution is 2.23. The van der Waals surface area contributed by atoms with Gasteiger partial charge in [-0.15, -0.1) is 11.8 Å². The first kappa shape index (κ1) is 18.1. The molecule has 0 aliphatic rings. The van der Waals surface area contributed by atoms with E-state index in [0.717, 1.165) is 21.7 Å². The third-order valence-corrected chi connectivity index (χ3v) is 4.70. The molecule has 0 saturated carbocycles. The zero-order chi connectivity index (χ0) is 17.5. The number of nitrogens with one attached hydrogen (secondary N) is 1. The van der Waals surface area contributed by atoms with Gasteiger partial charge in [0.1, 0.15) is 5.25 Å². The topological polar surface area (TPSA) is 55.4 Å². The summed E-state index contributed by atoms with van der Waals surface area (Å²) >= 11 is 1.41. The average molecular weight is 343 g/mol. The molecule has 0 aromatic heterocycles. The lowest BCUT2D eigenvalue weighted by Crippen LogP contribution is -2.25. The minimum atomic E-state index is -0.403. The van der Waals surface area contributed by atoms with Crippen LogP contribution in [0.2, 0.25) is 0 Å². The number of thioether (sulfide) groups is 1. The molecule has 0 aliphatic carbocycles. The van der Waals surface area contributed by atoms with Gasteiger partial charge in [-0.05, 0) is 50.1 Å². The van der Waals surface area contributed by atoms with Crippen molar-refractivity contribution in [1.29, 1.82) is 0 Å². The second-order valence-corrected chi connectivity index (χ2v) is 6.89. The van der Waals surface area contributed by atoms with Crippen LogP contribution in [0.25, 0.3) is 0 Å². The molecule has 0 bridgehead atoms. The van der Waals surface area contributed by atoms with Gasteiger partial charge in [-0.25, -0.2) is 0 Å². The van der Waals surface area contributed by atoms with Crippen molar-refractivity contribution in [1.82, 2.24) is 0 Å². The molecule has 1 amide bonds. The second-order valence-electron chi connectivity index (χ2n) is 5.48. The highest BCUT2D eigenvalue weighted by Gasteiger charge is 2.17. The van der Waals surface area contributed by atoms with Gasteiger partial charge < -0.3 is 10.1 Å². The molecule has 1 atom stereocenters. The molecule has 24 heavy (non-hydrogen) atoms. The molecule has 0 radical (unpaired) electrons. The number of benzene rings is 2. The molecular weight excluding hydrogens is 322 g/mol. The molecule has 0 aliphatic heterocycles. The number of amides is 1. The first-order chi connectivity index (χ1) is 11.5. The lowest BCUT2D eigenvalue weighted by Gasteiger charge is -2.13. The fourth-order valence-corrected chi connectivity index (χ4v) is 2.96. The summed E-state index contributed by atoms with van der Waals surface area (Å²) in [5, 5.41) is 2.40. The molecule has 1 N–H and O–H groups in total. The van der Waals surface area contributed by atoms with E-state index < -0.39 is 5.97 Å². The Labute approximate surface area is 146 Å². The van der Waals surface area contributed by atoms with E-state index in [0.29, 0.717) is 0 Å². The number of aryl methyl sites for hydroxylation is 1. The van der Waals surface area contributed by atoms with Crippen molar-refractivity contribution >= 4 is 29.3 Å². The van der Waals surface area contributed by atoms with Crippen LogP contribution in [0.4, 0.5) is 5.69 Å². The van der Waals surface area contributed by atoms with Gasteiger partial charge in [-0.3, -0.25) is 9.59 Å². The predicted molar refractivity (Wildman–Crippen MR) is 97.3 cm³/mol. The van der Waals surface area contributed by atoms with E-state index >= 15 is 0 Å². The predicted octanol–water partition coefficient (Wildman–Crippen LogP) is 3.97. The van der Waals surface area contributed by atoms with Gasteiger partial charge in [-0.1, -0.05) is 30.3 Å². The highest BCUT2D eigenvalue weighted by molar-refractivity contribution is 8.00. The lowest BCUT2D eigenvalue weighted by molar-refractivity contribution is -0.146. The summed E-state index contributed by atoms with van der Waals surface area (Å²) in [7, 11) is 0. The maximum Gasteiger partial charge on any atom is 0.319 e. The first-order valence-electron chi connectivity index (χ1n) is 7.72. The van der Waals surface area contributed by atoms with Crippen LogP contribution >= 0.6 is 11.8 Å². The van der Waals surface area contributed by atoms with Gasteiger partial charge in [-0.2, -0.15) is 0 Å². The standard InChI is InChI=1S/C19H21NO3S/c1-13-8-7-11-17(14(13)2)20-18(21)12-23-19(22)15(3)24-16-9-5-4-6-10-16/h4-11,15H,12H2,1-3H3,(H,20,21)/t15-/m1/s1. The van der Waals surface area contributed by atoms with Crippen molar-refractivity contribution < 1.29 is 14.3 Å². The number of hydrogen-bond acceptors (Lipinski definition) is 4. The van der Waals surface area contributed by atoms with Crippen LogP contribution in [0.3, 0.4) is 0 Å². The van der Waals surface area contributed by atoms with Gasteiger partial charge in [0, 0.05) is 10.6 Å². The Morgan fingerprint density at radius 3 is 2.50 bits per heavy atom. The molecule has 126 valence electrons. The largest absolute Gasteiger partial charge is 0.455 e. The molecule has 5 heteroatoms. The minimum absolute atomic E-state index is 0.286. The Bertz CT molecular complexity index is 716. The average Bonchev–Trinajstić information content (AvgIpc) is 2.57. The zero-order valence-electron chi connectivity index (χ0n) is 14.0. The molecule has 2 aromatic rings. The van der Waals surface area contributed by atoms with Crippen molar-refractivity contribution in [2.75, 3.05) is 11.9 Å². The maximum absolute atomic E-state index is 12.0. The quantitative estimate of drug-likeness (QED) is 0.637. The van der Waals surface area contributed by atoms with E-state index in [4.69, 9.17) is 4.74 Å². The molecule has 4 nitrogen and oxygen atoms in total. The van der Waals surface area contributed by atoms with E-state index in [-0.39, 0.29) is 17.8 Å². The molecular formula is C19H21NO3S. The zero-order valence-corrected chi connectivity index (χ0v) is 14.9. The van der Waals surface area contributed by atoms with Gasteiger partial charge in [0.25, 0.3) is 5.91 Å². The molecule has 0 unspecified atom stereocenters. The second kappa shape index (κ2) is 8.55. The number of rotatable bonds is 6. The monoisotopic (exact) mass is 343 g/mol. The van der Waals surface area contributed by atoms with Gasteiger partial charge in [0.15, 0.2) is 6.61 Å². The van der Waals surface area contributed by atoms with E-state index in [2.05, 4.69) is 5.32 Å². The van der Waals surface area contributed by atoms with Crippen LogP contribution in [-0.2, 0) is 14.3 Å². The smallest absolute Gasteiger partial charge is 0.319 e. The minimum Gasteiger partial charge on any atom is -0.455 e. The summed E-state index contributed by atoms with van der Waals surface area (Å²) in [4.78, 5) is 25.0. The summed E-state index contributed by atoms with van der Waals surface area (Å²) in [6.07, 6.45) is 0. The molecule has 2 rings (SSSR count). The summed E-state index contributed by atoms with van der Waals surface area (Å²) in [6.45, 7) is 5.40. The van der Waals surface area contributed by atoms with Crippen LogP contribution in [0.15, 0.2) is 53.4 Å². The SMILES string of the molecule is Cc1cccc(NC(=O)COC(=O)[C@@H](C)Sc2ccccc2)c1C. The normalized spacial score (nSPS) is 11.6. The number of ether oxygens (including phenoxy) is 1. The molecule has 0 heterocycles. The fourth-order valence-electron chi connectivity index (χ4n) is 2.08. The first-order valence-corrected chi connectivity index (χ1v) is 8.59. The van der Waals surface area contributed by atoms with Crippen LogP contribution in [0, 0.1) is 13.8 Å².